The Morgan fingerprint density at radius 3 is 2.44 bits per heavy atom. The largest absolute Gasteiger partial charge is 0.481 e. The van der Waals surface area contributed by atoms with E-state index in [9.17, 15) is 9.59 Å². The fraction of sp³-hybridized carbons (Fsp3) is 0.500. The van der Waals surface area contributed by atoms with Gasteiger partial charge in [0.05, 0.1) is 6.04 Å². The lowest BCUT2D eigenvalue weighted by Gasteiger charge is -2.24. The summed E-state index contributed by atoms with van der Waals surface area (Å²) in [7, 11) is 0. The molecule has 0 radical (unpaired) electrons. The van der Waals surface area contributed by atoms with Crippen molar-refractivity contribution in [1.29, 1.82) is 0 Å². The molecule has 0 aliphatic heterocycles. The Balaban J connectivity index is 2.90. The van der Waals surface area contributed by atoms with Crippen LogP contribution in [0.5, 0.6) is 0 Å². The highest BCUT2D eigenvalue weighted by molar-refractivity contribution is 7.08. The summed E-state index contributed by atoms with van der Waals surface area (Å²) in [6, 6.07) is 0.805. The smallest absolute Gasteiger partial charge is 0.322 e. The van der Waals surface area contributed by atoms with Gasteiger partial charge in [0, 0.05) is 0 Å². The summed E-state index contributed by atoms with van der Waals surface area (Å²) in [6.07, 6.45) is 0. The minimum absolute atomic E-state index is 0.623. The number of esters is 1. The molecule has 2 unspecified atom stereocenters. The van der Waals surface area contributed by atoms with Crippen LogP contribution in [-0.2, 0) is 14.3 Å². The maximum atomic E-state index is 11.9. The SMILES string of the molecule is CC(C)(C)OC(=O)C(C(=O)O)C(N)c1ccsc1. The van der Waals surface area contributed by atoms with E-state index in [4.69, 9.17) is 15.6 Å². The van der Waals surface area contributed by atoms with Crippen molar-refractivity contribution in [2.24, 2.45) is 11.7 Å². The summed E-state index contributed by atoms with van der Waals surface area (Å²) >= 11 is 1.40. The van der Waals surface area contributed by atoms with Crippen LogP contribution in [0.4, 0.5) is 0 Å². The lowest BCUT2D eigenvalue weighted by molar-refractivity contribution is -0.167. The van der Waals surface area contributed by atoms with Crippen LogP contribution < -0.4 is 5.73 Å². The Bertz CT molecular complexity index is 422. The van der Waals surface area contributed by atoms with Crippen LogP contribution in [0, 0.1) is 5.92 Å². The zero-order valence-corrected chi connectivity index (χ0v) is 11.4. The summed E-state index contributed by atoms with van der Waals surface area (Å²) in [5, 5.41) is 12.6. The lowest BCUT2D eigenvalue weighted by atomic mass is 9.95. The average molecular weight is 271 g/mol. The lowest BCUT2D eigenvalue weighted by Crippen LogP contribution is -2.39. The number of hydrogen-bond acceptors (Lipinski definition) is 5. The molecule has 0 saturated carbocycles. The predicted octanol–water partition coefficient (Wildman–Crippen LogP) is 1.79. The Morgan fingerprint density at radius 2 is 2.06 bits per heavy atom. The second-order valence-corrected chi connectivity index (χ2v) is 5.71. The van der Waals surface area contributed by atoms with Crippen molar-refractivity contribution in [2.45, 2.75) is 32.4 Å². The molecular formula is C12H17NO4S. The molecule has 2 atom stereocenters. The second-order valence-electron chi connectivity index (χ2n) is 4.93. The summed E-state index contributed by atoms with van der Waals surface area (Å²) in [4.78, 5) is 23.0. The van der Waals surface area contributed by atoms with Gasteiger partial charge in [-0.2, -0.15) is 11.3 Å². The van der Waals surface area contributed by atoms with E-state index in [0.29, 0.717) is 5.56 Å². The number of hydrogen-bond donors (Lipinski definition) is 2. The standard InChI is InChI=1S/C12H17NO4S/c1-12(2,3)17-11(16)8(10(14)15)9(13)7-4-5-18-6-7/h4-6,8-9H,13H2,1-3H3,(H,14,15). The molecule has 0 bridgehead atoms. The van der Waals surface area contributed by atoms with E-state index in [2.05, 4.69) is 0 Å². The normalized spacial score (nSPS) is 14.9. The van der Waals surface area contributed by atoms with E-state index in [1.165, 1.54) is 11.3 Å². The van der Waals surface area contributed by atoms with Crippen LogP contribution in [-0.4, -0.2) is 22.6 Å². The van der Waals surface area contributed by atoms with E-state index in [-0.39, 0.29) is 0 Å². The Labute approximate surface area is 110 Å². The van der Waals surface area contributed by atoms with Gasteiger partial charge in [-0.05, 0) is 43.2 Å². The molecule has 100 valence electrons. The monoisotopic (exact) mass is 271 g/mol. The number of rotatable bonds is 4. The third-order valence-corrected chi connectivity index (χ3v) is 2.92. The van der Waals surface area contributed by atoms with Crippen molar-refractivity contribution < 1.29 is 19.4 Å². The van der Waals surface area contributed by atoms with Crippen molar-refractivity contribution >= 4 is 23.3 Å². The van der Waals surface area contributed by atoms with Crippen molar-refractivity contribution in [3.63, 3.8) is 0 Å². The van der Waals surface area contributed by atoms with Crippen molar-refractivity contribution in [3.05, 3.63) is 22.4 Å². The Morgan fingerprint density at radius 1 is 1.44 bits per heavy atom. The molecule has 6 heteroatoms. The maximum absolute atomic E-state index is 11.9. The van der Waals surface area contributed by atoms with Crippen LogP contribution in [0.1, 0.15) is 32.4 Å². The Kier molecular flexibility index (Phi) is 4.48. The van der Waals surface area contributed by atoms with E-state index in [1.54, 1.807) is 37.6 Å². The maximum Gasteiger partial charge on any atom is 0.322 e. The van der Waals surface area contributed by atoms with E-state index < -0.39 is 29.5 Å². The summed E-state index contributed by atoms with van der Waals surface area (Å²) < 4.78 is 5.08. The zero-order chi connectivity index (χ0) is 13.9. The van der Waals surface area contributed by atoms with Gasteiger partial charge < -0.3 is 15.6 Å². The molecule has 1 heterocycles. The summed E-state index contributed by atoms with van der Waals surface area (Å²) in [6.45, 7) is 5.04. The molecule has 1 rings (SSSR count). The number of carbonyl (C=O) groups excluding carboxylic acids is 1. The van der Waals surface area contributed by atoms with E-state index in [0.717, 1.165) is 0 Å². The van der Waals surface area contributed by atoms with E-state index >= 15 is 0 Å². The van der Waals surface area contributed by atoms with Crippen LogP contribution in [0.15, 0.2) is 16.8 Å². The number of carboxylic acid groups (broad SMARTS) is 1. The molecule has 0 aliphatic carbocycles. The molecule has 5 nitrogen and oxygen atoms in total. The summed E-state index contributed by atoms with van der Waals surface area (Å²) in [5.74, 6) is -3.48. The minimum Gasteiger partial charge on any atom is -0.481 e. The van der Waals surface area contributed by atoms with Crippen LogP contribution in [0.25, 0.3) is 0 Å². The molecule has 3 N–H and O–H groups in total. The topological polar surface area (TPSA) is 89.6 Å². The molecule has 1 aromatic heterocycles. The molecule has 0 amide bonds. The first-order chi connectivity index (χ1) is 8.22. The van der Waals surface area contributed by atoms with Gasteiger partial charge in [0.15, 0.2) is 5.92 Å². The number of carbonyl (C=O) groups is 2. The fourth-order valence-electron chi connectivity index (χ4n) is 1.42. The second kappa shape index (κ2) is 5.49. The molecule has 1 aromatic rings. The van der Waals surface area contributed by atoms with Gasteiger partial charge in [-0.3, -0.25) is 9.59 Å². The molecular weight excluding hydrogens is 254 g/mol. The predicted molar refractivity (Wildman–Crippen MR) is 68.2 cm³/mol. The molecule has 18 heavy (non-hydrogen) atoms. The van der Waals surface area contributed by atoms with Gasteiger partial charge in [-0.15, -0.1) is 0 Å². The van der Waals surface area contributed by atoms with Crippen molar-refractivity contribution in [3.8, 4) is 0 Å². The first kappa shape index (κ1) is 14.7. The van der Waals surface area contributed by atoms with Gasteiger partial charge in [0.2, 0.25) is 0 Å². The third-order valence-electron chi connectivity index (χ3n) is 2.21. The highest BCUT2D eigenvalue weighted by atomic mass is 32.1. The van der Waals surface area contributed by atoms with E-state index in [1.807, 2.05) is 0 Å². The highest BCUT2D eigenvalue weighted by Crippen LogP contribution is 2.25. The fourth-order valence-corrected chi connectivity index (χ4v) is 2.13. The first-order valence-corrected chi connectivity index (χ1v) is 6.40. The van der Waals surface area contributed by atoms with Gasteiger partial charge in [0.1, 0.15) is 5.60 Å². The number of ether oxygens (including phenoxy) is 1. The van der Waals surface area contributed by atoms with Gasteiger partial charge >= 0.3 is 11.9 Å². The number of nitrogens with two attached hydrogens (primary N) is 1. The van der Waals surface area contributed by atoms with Crippen LogP contribution in [0.2, 0.25) is 0 Å². The van der Waals surface area contributed by atoms with Gasteiger partial charge in [-0.1, -0.05) is 0 Å². The molecule has 0 saturated heterocycles. The highest BCUT2D eigenvalue weighted by Gasteiger charge is 2.37. The first-order valence-electron chi connectivity index (χ1n) is 5.45. The van der Waals surface area contributed by atoms with Gasteiger partial charge in [0.25, 0.3) is 0 Å². The number of aliphatic carboxylic acids is 1. The molecule has 0 aromatic carbocycles. The zero-order valence-electron chi connectivity index (χ0n) is 10.5. The number of carboxylic acids is 1. The quantitative estimate of drug-likeness (QED) is 0.643. The van der Waals surface area contributed by atoms with Crippen molar-refractivity contribution in [1.82, 2.24) is 0 Å². The Hall–Kier alpha value is -1.40. The van der Waals surface area contributed by atoms with Crippen LogP contribution >= 0.6 is 11.3 Å². The minimum atomic E-state index is -1.39. The molecule has 0 spiro atoms. The van der Waals surface area contributed by atoms with Crippen molar-refractivity contribution in [2.75, 3.05) is 0 Å². The van der Waals surface area contributed by atoms with Crippen LogP contribution in [0.3, 0.4) is 0 Å². The number of thiophene rings is 1. The molecule has 0 aliphatic rings. The third kappa shape index (κ3) is 3.82. The summed E-state index contributed by atoms with van der Waals surface area (Å²) in [5.41, 5.74) is 5.72. The molecule has 0 fully saturated rings. The van der Waals surface area contributed by atoms with Gasteiger partial charge in [-0.25, -0.2) is 0 Å². The average Bonchev–Trinajstić information content (AvgIpc) is 2.65.